The minimum atomic E-state index is -0.782. The first-order valence-corrected chi connectivity index (χ1v) is 30.7. The number of carbonyl (C=O) groups excluding carboxylic acids is 3. The quantitative estimate of drug-likeness (QED) is 0.0261. The number of rotatable bonds is 55. The zero-order chi connectivity index (χ0) is 52.9. The molecule has 6 nitrogen and oxygen atoms in total. The third-order valence-electron chi connectivity index (χ3n) is 13.1. The maximum atomic E-state index is 12.9. The molecule has 0 aliphatic carbocycles. The molecule has 0 heterocycles. The van der Waals surface area contributed by atoms with Gasteiger partial charge in [-0.25, -0.2) is 0 Å². The Balaban J connectivity index is 4.25. The second kappa shape index (κ2) is 60.9. The SMILES string of the molecule is CC/C=C\C/C=C\C/C=C\C/C=C\C/C=C\C/C=C\CCCCCCCCCCC(=O)OCC(COC(=O)CCCCCCCCCCC)OC(=O)CCCCCCCCCCC/C=C\C/C=C\CCCCC. The van der Waals surface area contributed by atoms with Crippen molar-refractivity contribution in [3.8, 4) is 0 Å². The fourth-order valence-electron chi connectivity index (χ4n) is 8.48. The van der Waals surface area contributed by atoms with E-state index < -0.39 is 6.10 Å². The zero-order valence-corrected chi connectivity index (χ0v) is 47.9. The van der Waals surface area contributed by atoms with Gasteiger partial charge in [-0.05, 0) is 103 Å². The smallest absolute Gasteiger partial charge is 0.306 e. The fourth-order valence-corrected chi connectivity index (χ4v) is 8.48. The standard InChI is InChI=1S/C67H114O6/c1-4-7-10-13-16-19-21-23-25-27-29-30-31-32-33-34-35-36-38-39-41-43-45-48-51-54-57-60-66(69)72-63-64(62-71-65(68)59-56-53-50-47-18-15-12-9-6-3)73-67(70)61-58-55-52-49-46-44-42-40-37-28-26-24-22-20-17-14-11-8-5-2/h7,10,16-17,19-20,23-26,29-30,32-33,35-36,64H,4-6,8-9,11-15,18,21-22,27-28,31,34,37-63H2,1-3H3/b10-7-,19-16-,20-17-,25-23-,26-24-,30-29-,33-32-,36-35-. The minimum Gasteiger partial charge on any atom is -0.462 e. The molecule has 73 heavy (non-hydrogen) atoms. The minimum absolute atomic E-state index is 0.0799. The Morgan fingerprint density at radius 3 is 0.863 bits per heavy atom. The van der Waals surface area contributed by atoms with Crippen LogP contribution < -0.4 is 0 Å². The Bertz CT molecular complexity index is 1440. The molecule has 0 amide bonds. The molecule has 0 aromatic rings. The molecule has 0 fully saturated rings. The van der Waals surface area contributed by atoms with Crippen molar-refractivity contribution in [3.63, 3.8) is 0 Å². The molecule has 1 atom stereocenters. The summed E-state index contributed by atoms with van der Waals surface area (Å²) in [6.45, 7) is 6.49. The molecule has 0 spiro atoms. The summed E-state index contributed by atoms with van der Waals surface area (Å²) in [7, 11) is 0. The predicted molar refractivity (Wildman–Crippen MR) is 316 cm³/mol. The summed E-state index contributed by atoms with van der Waals surface area (Å²) in [5.41, 5.74) is 0. The number of ether oxygens (including phenoxy) is 3. The summed E-state index contributed by atoms with van der Waals surface area (Å²) in [6.07, 6.45) is 81.2. The van der Waals surface area contributed by atoms with Crippen LogP contribution in [0.4, 0.5) is 0 Å². The van der Waals surface area contributed by atoms with Gasteiger partial charge in [0.25, 0.3) is 0 Å². The van der Waals surface area contributed by atoms with Crippen molar-refractivity contribution < 1.29 is 28.6 Å². The van der Waals surface area contributed by atoms with E-state index in [9.17, 15) is 14.4 Å². The molecule has 0 aliphatic rings. The van der Waals surface area contributed by atoms with Crippen LogP contribution in [-0.2, 0) is 28.6 Å². The van der Waals surface area contributed by atoms with Gasteiger partial charge in [0.15, 0.2) is 6.10 Å². The number of unbranched alkanes of at least 4 members (excludes halogenated alkanes) is 28. The summed E-state index contributed by atoms with van der Waals surface area (Å²) in [6, 6.07) is 0. The Labute approximate surface area is 451 Å². The second-order valence-electron chi connectivity index (χ2n) is 20.2. The van der Waals surface area contributed by atoms with E-state index in [1.54, 1.807) is 0 Å². The van der Waals surface area contributed by atoms with Crippen LogP contribution in [0, 0.1) is 0 Å². The second-order valence-corrected chi connectivity index (χ2v) is 20.2. The molecular weight excluding hydrogens is 901 g/mol. The first-order valence-electron chi connectivity index (χ1n) is 30.7. The molecule has 0 bridgehead atoms. The van der Waals surface area contributed by atoms with Gasteiger partial charge >= 0.3 is 17.9 Å². The highest BCUT2D eigenvalue weighted by molar-refractivity contribution is 5.71. The lowest BCUT2D eigenvalue weighted by atomic mass is 10.1. The maximum Gasteiger partial charge on any atom is 0.306 e. The van der Waals surface area contributed by atoms with Gasteiger partial charge in [0, 0.05) is 19.3 Å². The van der Waals surface area contributed by atoms with Crippen LogP contribution in [0.25, 0.3) is 0 Å². The van der Waals surface area contributed by atoms with Gasteiger partial charge in [-0.1, -0.05) is 266 Å². The highest BCUT2D eigenvalue weighted by Gasteiger charge is 2.19. The van der Waals surface area contributed by atoms with E-state index in [0.29, 0.717) is 19.3 Å². The van der Waals surface area contributed by atoms with E-state index in [1.807, 2.05) is 0 Å². The van der Waals surface area contributed by atoms with Gasteiger partial charge in [-0.15, -0.1) is 0 Å². The predicted octanol–water partition coefficient (Wildman–Crippen LogP) is 20.9. The topological polar surface area (TPSA) is 78.9 Å². The Morgan fingerprint density at radius 1 is 0.288 bits per heavy atom. The molecule has 0 N–H and O–H groups in total. The molecule has 0 aromatic heterocycles. The monoisotopic (exact) mass is 1010 g/mol. The van der Waals surface area contributed by atoms with Crippen LogP contribution in [0.3, 0.4) is 0 Å². The average molecular weight is 1020 g/mol. The van der Waals surface area contributed by atoms with Gasteiger partial charge < -0.3 is 14.2 Å². The van der Waals surface area contributed by atoms with Crippen molar-refractivity contribution in [2.75, 3.05) is 13.2 Å². The number of carbonyl (C=O) groups is 3. The van der Waals surface area contributed by atoms with Crippen molar-refractivity contribution in [2.24, 2.45) is 0 Å². The number of allylic oxidation sites excluding steroid dienone is 16. The number of hydrogen-bond acceptors (Lipinski definition) is 6. The lowest BCUT2D eigenvalue weighted by molar-refractivity contribution is -0.167. The van der Waals surface area contributed by atoms with E-state index in [0.717, 1.165) is 109 Å². The summed E-state index contributed by atoms with van der Waals surface area (Å²) in [5, 5.41) is 0. The maximum absolute atomic E-state index is 12.9. The molecule has 6 heteroatoms. The van der Waals surface area contributed by atoms with Crippen molar-refractivity contribution in [3.05, 3.63) is 97.2 Å². The third-order valence-corrected chi connectivity index (χ3v) is 13.1. The normalized spacial score (nSPS) is 12.8. The summed E-state index contributed by atoms with van der Waals surface area (Å²) in [4.78, 5) is 38.1. The van der Waals surface area contributed by atoms with E-state index >= 15 is 0 Å². The van der Waals surface area contributed by atoms with Crippen LogP contribution >= 0.6 is 0 Å². The fraction of sp³-hybridized carbons (Fsp3) is 0.716. The molecule has 0 aliphatic heterocycles. The highest BCUT2D eigenvalue weighted by atomic mass is 16.6. The molecule has 0 radical (unpaired) electrons. The molecule has 418 valence electrons. The lowest BCUT2D eigenvalue weighted by Gasteiger charge is -2.18. The Hall–Kier alpha value is -3.67. The third kappa shape index (κ3) is 59.1. The van der Waals surface area contributed by atoms with Crippen molar-refractivity contribution >= 4 is 17.9 Å². The van der Waals surface area contributed by atoms with Gasteiger partial charge in [0.2, 0.25) is 0 Å². The summed E-state index contributed by atoms with van der Waals surface area (Å²) in [5.74, 6) is -0.889. The molecule has 0 saturated carbocycles. The molecule has 0 rings (SSSR count). The Morgan fingerprint density at radius 2 is 0.534 bits per heavy atom. The highest BCUT2D eigenvalue weighted by Crippen LogP contribution is 2.15. The van der Waals surface area contributed by atoms with Gasteiger partial charge in [-0.2, -0.15) is 0 Å². The van der Waals surface area contributed by atoms with Crippen LogP contribution in [0.5, 0.6) is 0 Å². The average Bonchev–Trinajstić information content (AvgIpc) is 3.39. The Kier molecular flexibility index (Phi) is 57.8. The van der Waals surface area contributed by atoms with Gasteiger partial charge in [-0.3, -0.25) is 14.4 Å². The van der Waals surface area contributed by atoms with Crippen LogP contribution in [0.2, 0.25) is 0 Å². The van der Waals surface area contributed by atoms with Crippen molar-refractivity contribution in [2.45, 2.75) is 297 Å². The zero-order valence-electron chi connectivity index (χ0n) is 47.9. The van der Waals surface area contributed by atoms with E-state index in [2.05, 4.69) is 118 Å². The summed E-state index contributed by atoms with van der Waals surface area (Å²) < 4.78 is 16.9. The van der Waals surface area contributed by atoms with Crippen LogP contribution in [0.1, 0.15) is 290 Å². The number of esters is 3. The largest absolute Gasteiger partial charge is 0.462 e. The molecule has 0 saturated heterocycles. The van der Waals surface area contributed by atoms with Crippen molar-refractivity contribution in [1.82, 2.24) is 0 Å². The first-order chi connectivity index (χ1) is 36.0. The van der Waals surface area contributed by atoms with Crippen LogP contribution in [0.15, 0.2) is 97.2 Å². The van der Waals surface area contributed by atoms with E-state index in [4.69, 9.17) is 14.2 Å². The molecule has 0 aromatic carbocycles. The van der Waals surface area contributed by atoms with Crippen molar-refractivity contribution in [1.29, 1.82) is 0 Å². The van der Waals surface area contributed by atoms with E-state index in [1.165, 1.54) is 141 Å². The molecule has 1 unspecified atom stereocenters. The van der Waals surface area contributed by atoms with Crippen LogP contribution in [-0.4, -0.2) is 37.2 Å². The summed E-state index contributed by atoms with van der Waals surface area (Å²) >= 11 is 0. The lowest BCUT2D eigenvalue weighted by Crippen LogP contribution is -2.30. The first kappa shape index (κ1) is 69.3. The molecular formula is C67H114O6. The van der Waals surface area contributed by atoms with Gasteiger partial charge in [0.05, 0.1) is 0 Å². The van der Waals surface area contributed by atoms with Gasteiger partial charge in [0.1, 0.15) is 13.2 Å². The number of hydrogen-bond donors (Lipinski definition) is 0. The van der Waals surface area contributed by atoms with E-state index in [-0.39, 0.29) is 31.1 Å².